The van der Waals surface area contributed by atoms with Crippen molar-refractivity contribution in [2.24, 2.45) is 11.8 Å². The number of amides is 10. The van der Waals surface area contributed by atoms with Crippen LogP contribution in [0.2, 0.25) is 0 Å². The molecular formula is C85H112FN15O17. The van der Waals surface area contributed by atoms with E-state index in [9.17, 15) is 33.9 Å². The van der Waals surface area contributed by atoms with Crippen LogP contribution in [0.15, 0.2) is 103 Å². The Hall–Kier alpha value is -10.9. The Morgan fingerprint density at radius 1 is 0.737 bits per heavy atom. The van der Waals surface area contributed by atoms with E-state index in [1.807, 2.05) is 45.4 Å². The quantitative estimate of drug-likeness (QED) is 0.0415. The van der Waals surface area contributed by atoms with Crippen molar-refractivity contribution < 1.29 is 90.5 Å². The average molecular weight is 1630 g/mol. The standard InChI is InChI=1S/C84H108FN15O17.CH3/c1-52-37-63(102)18-22-74(106)95-30-31-97-50-62(93-94-97)49-96-48-60(65-44-61(85)17-21-69(65)96)42-67-82(112)98-29-24-71(117-51-73(105)87-45-57-13-9-12-56(39-57)41-66(78(108)90-67)89-79(109)68(91-77(52)107)46-88-72(104)25-33-115-35-36-116-34-32-100(4,5)6)76(98)80(110)92-75(53(2)101)70(103)43-59(40-55-15-19-64(114-7)20-16-55)81(111)99-28-10-26-84(99,3)83(113)86-27-23-54-11-8-14-58(38-54)47-95;/h8-9,11-17,19-21,38-39,44,48,50,52-53,59,66-68,71,75-76,101H,10,18,22-37,40-43,45-47,49,51H2,1-7H3,(H6-,86,87,88,89,90,91,92,104,105,107,108,109,110,113);1H3/q;-1/p+1/t52-,53-,59-,66+,67+,68-,71+,75+,76+,84+;/m1./s1. The molecule has 14 bridgehead atoms. The molecule has 2 saturated heterocycles. The van der Waals surface area contributed by atoms with E-state index in [-0.39, 0.29) is 136 Å². The Balaban J connectivity index is 0.0000147. The van der Waals surface area contributed by atoms with Gasteiger partial charge in [-0.15, -0.1) is 5.10 Å². The molecule has 7 heterocycles. The Bertz CT molecular complexity index is 4600. The number of halogens is 1. The van der Waals surface area contributed by atoms with E-state index < -0.39 is 162 Å². The fourth-order valence-corrected chi connectivity index (χ4v) is 15.6. The minimum Gasteiger partial charge on any atom is -0.497 e. The van der Waals surface area contributed by atoms with Crippen molar-refractivity contribution in [3.63, 3.8) is 0 Å². The second kappa shape index (κ2) is 41.0. The molecule has 4 aromatic carbocycles. The zero-order chi connectivity index (χ0) is 83.7. The van der Waals surface area contributed by atoms with Gasteiger partial charge in [0.05, 0.1) is 86.2 Å². The fraction of sp³-hybridized carbons (Fsp3) is 0.518. The van der Waals surface area contributed by atoms with E-state index in [0.717, 1.165) is 17.0 Å². The third-order valence-corrected chi connectivity index (χ3v) is 22.2. The molecule has 11 rings (SSSR count). The molecule has 0 unspecified atom stereocenters. The van der Waals surface area contributed by atoms with Crippen molar-refractivity contribution in [1.82, 2.24) is 71.5 Å². The maximum atomic E-state index is 16.3. The second-order valence-corrected chi connectivity index (χ2v) is 32.3. The molecular weight excluding hydrogens is 1520 g/mol. The number of rotatable bonds is 15. The van der Waals surface area contributed by atoms with Gasteiger partial charge in [0.15, 0.2) is 5.78 Å². The Morgan fingerprint density at radius 3 is 2.22 bits per heavy atom. The smallest absolute Gasteiger partial charge is 0.246 e. The molecule has 2 aromatic heterocycles. The first-order valence-corrected chi connectivity index (χ1v) is 40.2. The van der Waals surface area contributed by atoms with Crippen LogP contribution in [0.5, 0.6) is 5.75 Å². The molecule has 5 aliphatic heterocycles. The predicted molar refractivity (Wildman–Crippen MR) is 430 cm³/mol. The average Bonchev–Trinajstić information content (AvgIpc) is 1.61. The Morgan fingerprint density at radius 2 is 1.47 bits per heavy atom. The number of nitrogens with zero attached hydrogens (tertiary/aromatic N) is 8. The lowest BCUT2D eigenvalue weighted by molar-refractivity contribution is -0.870. The molecule has 636 valence electrons. The van der Waals surface area contributed by atoms with Crippen molar-refractivity contribution in [1.29, 1.82) is 0 Å². The lowest BCUT2D eigenvalue weighted by atomic mass is 9.88. The molecule has 10 amide bonds. The zero-order valence-corrected chi connectivity index (χ0v) is 68.5. The predicted octanol–water partition coefficient (Wildman–Crippen LogP) is 2.14. The van der Waals surface area contributed by atoms with Crippen molar-refractivity contribution in [3.8, 4) is 5.75 Å². The first-order valence-electron chi connectivity index (χ1n) is 40.2. The minimum absolute atomic E-state index is 0. The van der Waals surface area contributed by atoms with E-state index in [1.165, 1.54) is 44.1 Å². The molecule has 5 aliphatic rings. The van der Waals surface area contributed by atoms with Crippen molar-refractivity contribution in [3.05, 3.63) is 156 Å². The first-order chi connectivity index (χ1) is 56.0. The lowest BCUT2D eigenvalue weighted by Gasteiger charge is -2.36. The number of hydrogen-bond donors (Lipinski definition) is 8. The van der Waals surface area contributed by atoms with Gasteiger partial charge in [0.2, 0.25) is 59.1 Å². The number of aromatic nitrogens is 4. The lowest BCUT2D eigenvalue weighted by Crippen LogP contribution is -2.62. The van der Waals surface area contributed by atoms with Crippen LogP contribution in [0.25, 0.3) is 10.9 Å². The zero-order valence-electron chi connectivity index (χ0n) is 68.5. The summed E-state index contributed by atoms with van der Waals surface area (Å²) in [6, 6.07) is 16.4. The summed E-state index contributed by atoms with van der Waals surface area (Å²) in [7, 11) is 7.60. The largest absolute Gasteiger partial charge is 0.497 e. The van der Waals surface area contributed by atoms with Gasteiger partial charge < -0.3 is 92.4 Å². The third kappa shape index (κ3) is 24.0. The number of methoxy groups -OCH3 is 1. The number of Topliss-reactive ketones (excluding diaryl/α,β-unsaturated/α-hetero) is 2. The van der Waals surface area contributed by atoms with Gasteiger partial charge in [0, 0.05) is 120 Å². The van der Waals surface area contributed by atoms with E-state index in [4.69, 9.17) is 18.9 Å². The normalized spacial score (nSPS) is 24.0. The molecule has 6 aromatic rings. The van der Waals surface area contributed by atoms with Gasteiger partial charge in [-0.25, -0.2) is 4.39 Å². The number of carbonyl (C=O) groups is 12. The van der Waals surface area contributed by atoms with E-state index in [0.29, 0.717) is 68.7 Å². The molecule has 0 saturated carbocycles. The summed E-state index contributed by atoms with van der Waals surface area (Å²) in [5.74, 6) is -11.2. The van der Waals surface area contributed by atoms with Gasteiger partial charge in [-0.3, -0.25) is 62.2 Å². The van der Waals surface area contributed by atoms with Crippen LogP contribution < -0.4 is 42.0 Å². The molecule has 0 radical (unpaired) electrons. The maximum Gasteiger partial charge on any atom is 0.246 e. The highest BCUT2D eigenvalue weighted by Gasteiger charge is 2.50. The topological polar surface area (TPSA) is 392 Å². The summed E-state index contributed by atoms with van der Waals surface area (Å²) >= 11 is 0. The molecule has 8 N–H and O–H groups in total. The van der Waals surface area contributed by atoms with Gasteiger partial charge in [0.1, 0.15) is 71.9 Å². The number of aliphatic hydroxyl groups is 1. The summed E-state index contributed by atoms with van der Waals surface area (Å²) in [6.07, 6.45) is -1.27. The summed E-state index contributed by atoms with van der Waals surface area (Å²) in [5.41, 5.74) is 2.81. The summed E-state index contributed by atoms with van der Waals surface area (Å²) in [5, 5.41) is 40.6. The van der Waals surface area contributed by atoms with Crippen LogP contribution in [0.3, 0.4) is 0 Å². The van der Waals surface area contributed by atoms with Crippen molar-refractivity contribution in [2.75, 3.05) is 101 Å². The number of likely N-dealkylation sites (N-methyl/N-ethyl adjacent to an activating group) is 1. The monoisotopic (exact) mass is 1630 g/mol. The number of benzene rings is 4. The maximum absolute atomic E-state index is 16.3. The van der Waals surface area contributed by atoms with Crippen LogP contribution in [0.1, 0.15) is 111 Å². The fourth-order valence-electron chi connectivity index (χ4n) is 15.6. The van der Waals surface area contributed by atoms with Gasteiger partial charge >= 0.3 is 0 Å². The number of ketones is 2. The SMILES string of the molecule is COc1ccc(C[C@@H]2CC(=O)[C@H]([C@@H](C)O)NC(=O)[C@@H]3[C@@H]4CCN3C(=O)[C@@H]3Cc5cn(c6ccc(F)cc56)Cc5cn(nn5)CCN(Cc5cccc(c5)CCNC(=O)[C@]5(C)CCCN5C2=O)C(=O)CCC(=O)C[C@@H](C)C(=O)N[C@H](CNC(=O)CCOCCOCC[N+](C)(C)C)C(=O)N[C@@H](Cc2cccc(c2)CNC(=O)CO4)C(=O)N3)cc1.[CH3-]. The number of carbonyl (C=O) groups excluding carboxylic acids is 12. The minimum atomic E-state index is -1.77. The highest BCUT2D eigenvalue weighted by Crippen LogP contribution is 2.34. The second-order valence-electron chi connectivity index (χ2n) is 32.3. The van der Waals surface area contributed by atoms with Crippen LogP contribution in [0.4, 0.5) is 4.39 Å². The Labute approximate surface area is 686 Å². The molecule has 2 fully saturated rings. The van der Waals surface area contributed by atoms with Crippen LogP contribution in [-0.2, 0) is 124 Å². The first kappa shape index (κ1) is 89.5. The van der Waals surface area contributed by atoms with Gasteiger partial charge in [-0.2, -0.15) is 0 Å². The molecule has 0 aliphatic carbocycles. The molecule has 32 nitrogen and oxygen atoms in total. The highest BCUT2D eigenvalue weighted by atomic mass is 19.1. The van der Waals surface area contributed by atoms with Crippen molar-refractivity contribution >= 4 is 81.5 Å². The van der Waals surface area contributed by atoms with E-state index >= 15 is 33.2 Å². The van der Waals surface area contributed by atoms with Gasteiger partial charge in [-0.05, 0) is 110 Å². The van der Waals surface area contributed by atoms with E-state index in [1.54, 1.807) is 82.0 Å². The van der Waals surface area contributed by atoms with E-state index in [2.05, 4.69) is 47.5 Å². The summed E-state index contributed by atoms with van der Waals surface area (Å²) in [6.45, 7) is 4.97. The Kier molecular flexibility index (Phi) is 31.1. The number of fused-ring (bicyclic) bond motifs is 10. The van der Waals surface area contributed by atoms with Gasteiger partial charge in [0.25, 0.3) is 0 Å². The molecule has 0 spiro atoms. The van der Waals surface area contributed by atoms with Crippen LogP contribution in [0, 0.1) is 25.1 Å². The highest BCUT2D eigenvalue weighted by molar-refractivity contribution is 6.00. The number of hydrogen-bond acceptors (Lipinski definition) is 19. The summed E-state index contributed by atoms with van der Waals surface area (Å²) in [4.78, 5) is 184. The number of quaternary nitrogens is 1. The molecule has 10 atom stereocenters. The third-order valence-electron chi connectivity index (χ3n) is 22.2. The summed E-state index contributed by atoms with van der Waals surface area (Å²) < 4.78 is 43.1. The van der Waals surface area contributed by atoms with Crippen molar-refractivity contribution in [2.45, 2.75) is 172 Å². The molecule has 118 heavy (non-hydrogen) atoms. The molecule has 33 heteroatoms. The number of nitrogens with one attached hydrogen (secondary N) is 7. The number of aliphatic hydroxyl groups excluding tert-OH is 1. The van der Waals surface area contributed by atoms with Crippen LogP contribution >= 0.6 is 0 Å². The van der Waals surface area contributed by atoms with Gasteiger partial charge in [-0.1, -0.05) is 72.8 Å². The number of ether oxygens (including phenoxy) is 4. The van der Waals surface area contributed by atoms with Crippen LogP contribution in [-0.4, -0.2) is 263 Å².